The molecular formula is C7H13Cl. The van der Waals surface area contributed by atoms with Crippen molar-refractivity contribution < 1.29 is 0 Å². The first-order valence-corrected chi connectivity index (χ1v) is 3.86. The molecule has 1 fully saturated rings. The van der Waals surface area contributed by atoms with Crippen LogP contribution in [0.5, 0.6) is 0 Å². The molecule has 0 spiro atoms. The van der Waals surface area contributed by atoms with Crippen LogP contribution in [0, 0.1) is 5.92 Å². The SMILES string of the molecule is CC1CCCC(Cl)C1. The maximum Gasteiger partial charge on any atom is 0.0338 e. The smallest absolute Gasteiger partial charge is 0.0338 e. The summed E-state index contributed by atoms with van der Waals surface area (Å²) in [4.78, 5) is 0. The van der Waals surface area contributed by atoms with Crippen LogP contribution in [0.2, 0.25) is 0 Å². The Bertz CT molecular complexity index is 62.8. The largest absolute Gasteiger partial charge is 0.123 e. The van der Waals surface area contributed by atoms with E-state index in [0.29, 0.717) is 5.38 Å². The van der Waals surface area contributed by atoms with Gasteiger partial charge in [-0.25, -0.2) is 0 Å². The zero-order valence-corrected chi connectivity index (χ0v) is 6.12. The first-order valence-electron chi connectivity index (χ1n) is 3.43. The molecule has 48 valence electrons. The van der Waals surface area contributed by atoms with Gasteiger partial charge in [-0.3, -0.25) is 0 Å². The molecule has 2 unspecified atom stereocenters. The fraction of sp³-hybridized carbons (Fsp3) is 1.00. The minimum Gasteiger partial charge on any atom is -0.123 e. The van der Waals surface area contributed by atoms with Gasteiger partial charge in [-0.05, 0) is 18.8 Å². The lowest BCUT2D eigenvalue weighted by Gasteiger charge is -2.21. The minimum absolute atomic E-state index is 0.485. The first kappa shape index (κ1) is 6.41. The maximum atomic E-state index is 5.91. The fourth-order valence-corrected chi connectivity index (χ4v) is 1.82. The van der Waals surface area contributed by atoms with Crippen molar-refractivity contribution in [3.05, 3.63) is 0 Å². The van der Waals surface area contributed by atoms with Crippen molar-refractivity contribution >= 4 is 11.6 Å². The molecule has 1 aliphatic carbocycles. The molecule has 0 nitrogen and oxygen atoms in total. The van der Waals surface area contributed by atoms with Gasteiger partial charge in [0.25, 0.3) is 0 Å². The lowest BCUT2D eigenvalue weighted by Crippen LogP contribution is -2.12. The second-order valence-corrected chi connectivity index (χ2v) is 3.49. The summed E-state index contributed by atoms with van der Waals surface area (Å²) < 4.78 is 0. The van der Waals surface area contributed by atoms with Gasteiger partial charge in [0.15, 0.2) is 0 Å². The monoisotopic (exact) mass is 132 g/mol. The van der Waals surface area contributed by atoms with E-state index >= 15 is 0 Å². The molecule has 0 radical (unpaired) electrons. The Labute approximate surface area is 56.2 Å². The topological polar surface area (TPSA) is 0 Å². The van der Waals surface area contributed by atoms with Crippen molar-refractivity contribution in [3.8, 4) is 0 Å². The molecule has 0 aliphatic heterocycles. The Morgan fingerprint density at radius 1 is 1.38 bits per heavy atom. The van der Waals surface area contributed by atoms with Crippen LogP contribution in [0.4, 0.5) is 0 Å². The Hall–Kier alpha value is 0.290. The van der Waals surface area contributed by atoms with Gasteiger partial charge < -0.3 is 0 Å². The standard InChI is InChI=1S/C7H13Cl/c1-6-3-2-4-7(8)5-6/h6-7H,2-5H2,1H3. The van der Waals surface area contributed by atoms with Crippen molar-refractivity contribution in [3.63, 3.8) is 0 Å². The molecule has 0 N–H and O–H groups in total. The molecule has 0 heterocycles. The van der Waals surface area contributed by atoms with Gasteiger partial charge in [0, 0.05) is 5.38 Å². The van der Waals surface area contributed by atoms with Crippen LogP contribution in [-0.4, -0.2) is 5.38 Å². The highest BCUT2D eigenvalue weighted by Crippen LogP contribution is 2.26. The van der Waals surface area contributed by atoms with E-state index < -0.39 is 0 Å². The Morgan fingerprint density at radius 3 is 2.50 bits per heavy atom. The molecule has 0 aromatic carbocycles. The summed E-state index contributed by atoms with van der Waals surface area (Å²) >= 11 is 5.91. The number of alkyl halides is 1. The highest BCUT2D eigenvalue weighted by Gasteiger charge is 2.15. The lowest BCUT2D eigenvalue weighted by molar-refractivity contribution is 0.390. The summed E-state index contributed by atoms with van der Waals surface area (Å²) in [5.74, 6) is 0.881. The third kappa shape index (κ3) is 1.66. The molecule has 1 heteroatoms. The molecule has 8 heavy (non-hydrogen) atoms. The summed E-state index contributed by atoms with van der Waals surface area (Å²) in [6.07, 6.45) is 5.21. The number of hydrogen-bond acceptors (Lipinski definition) is 0. The van der Waals surface area contributed by atoms with Crippen molar-refractivity contribution in [2.75, 3.05) is 0 Å². The Kier molecular flexibility index (Phi) is 2.18. The average Bonchev–Trinajstić information content (AvgIpc) is 1.64. The van der Waals surface area contributed by atoms with Crippen molar-refractivity contribution in [2.24, 2.45) is 5.92 Å². The molecule has 0 bridgehead atoms. The second kappa shape index (κ2) is 2.72. The quantitative estimate of drug-likeness (QED) is 0.445. The fourth-order valence-electron chi connectivity index (χ4n) is 1.36. The van der Waals surface area contributed by atoms with Gasteiger partial charge >= 0.3 is 0 Å². The Morgan fingerprint density at radius 2 is 2.12 bits per heavy atom. The van der Waals surface area contributed by atoms with E-state index in [1.54, 1.807) is 0 Å². The number of hydrogen-bond donors (Lipinski definition) is 0. The summed E-state index contributed by atoms with van der Waals surface area (Å²) in [6, 6.07) is 0. The van der Waals surface area contributed by atoms with E-state index in [0.717, 1.165) is 5.92 Å². The maximum absolute atomic E-state index is 5.91. The van der Waals surface area contributed by atoms with E-state index in [1.807, 2.05) is 0 Å². The van der Waals surface area contributed by atoms with Crippen LogP contribution >= 0.6 is 11.6 Å². The van der Waals surface area contributed by atoms with E-state index in [2.05, 4.69) is 6.92 Å². The first-order chi connectivity index (χ1) is 3.79. The predicted octanol–water partition coefficient (Wildman–Crippen LogP) is 2.80. The molecule has 0 amide bonds. The van der Waals surface area contributed by atoms with E-state index in [1.165, 1.54) is 25.7 Å². The van der Waals surface area contributed by atoms with Gasteiger partial charge in [-0.2, -0.15) is 0 Å². The van der Waals surface area contributed by atoms with Gasteiger partial charge in [-0.1, -0.05) is 19.8 Å². The molecule has 2 atom stereocenters. The average molecular weight is 133 g/mol. The van der Waals surface area contributed by atoms with E-state index in [4.69, 9.17) is 11.6 Å². The van der Waals surface area contributed by atoms with E-state index in [-0.39, 0.29) is 0 Å². The normalized spacial score (nSPS) is 39.8. The lowest BCUT2D eigenvalue weighted by atomic mass is 9.91. The molecule has 1 rings (SSSR count). The number of halogens is 1. The third-order valence-electron chi connectivity index (χ3n) is 1.87. The minimum atomic E-state index is 0.485. The van der Waals surface area contributed by atoms with Crippen LogP contribution in [0.3, 0.4) is 0 Å². The number of rotatable bonds is 0. The summed E-state index contributed by atoms with van der Waals surface area (Å²) in [5.41, 5.74) is 0. The van der Waals surface area contributed by atoms with Gasteiger partial charge in [-0.15, -0.1) is 11.6 Å². The highest BCUT2D eigenvalue weighted by atomic mass is 35.5. The zero-order valence-electron chi connectivity index (χ0n) is 5.36. The molecule has 0 saturated heterocycles. The van der Waals surface area contributed by atoms with Crippen LogP contribution in [0.15, 0.2) is 0 Å². The summed E-state index contributed by atoms with van der Waals surface area (Å²) in [7, 11) is 0. The second-order valence-electron chi connectivity index (χ2n) is 2.87. The van der Waals surface area contributed by atoms with Crippen LogP contribution in [-0.2, 0) is 0 Å². The van der Waals surface area contributed by atoms with Crippen molar-refractivity contribution in [1.82, 2.24) is 0 Å². The van der Waals surface area contributed by atoms with Gasteiger partial charge in [0.1, 0.15) is 0 Å². The van der Waals surface area contributed by atoms with Crippen molar-refractivity contribution in [2.45, 2.75) is 38.0 Å². The van der Waals surface area contributed by atoms with E-state index in [9.17, 15) is 0 Å². The molecular weight excluding hydrogens is 120 g/mol. The Balaban J connectivity index is 2.23. The molecule has 0 aromatic heterocycles. The third-order valence-corrected chi connectivity index (χ3v) is 2.27. The summed E-state index contributed by atoms with van der Waals surface area (Å²) in [5, 5.41) is 0.485. The van der Waals surface area contributed by atoms with Crippen LogP contribution in [0.25, 0.3) is 0 Å². The molecule has 1 aliphatic rings. The zero-order chi connectivity index (χ0) is 5.98. The molecule has 0 aromatic rings. The highest BCUT2D eigenvalue weighted by molar-refractivity contribution is 6.20. The van der Waals surface area contributed by atoms with Crippen LogP contribution in [0.1, 0.15) is 32.6 Å². The summed E-state index contributed by atoms with van der Waals surface area (Å²) in [6.45, 7) is 2.29. The molecule has 1 saturated carbocycles. The predicted molar refractivity (Wildman–Crippen MR) is 37.3 cm³/mol. The van der Waals surface area contributed by atoms with Crippen molar-refractivity contribution in [1.29, 1.82) is 0 Å². The van der Waals surface area contributed by atoms with Gasteiger partial charge in [0.2, 0.25) is 0 Å². The van der Waals surface area contributed by atoms with Gasteiger partial charge in [0.05, 0.1) is 0 Å². The van der Waals surface area contributed by atoms with Crippen LogP contribution < -0.4 is 0 Å².